The lowest BCUT2D eigenvalue weighted by atomic mass is 10.2. The molecule has 0 bridgehead atoms. The van der Waals surface area contributed by atoms with Gasteiger partial charge in [0.2, 0.25) is 10.0 Å². The van der Waals surface area contributed by atoms with Crippen molar-refractivity contribution in [3.05, 3.63) is 42.2 Å². The highest BCUT2D eigenvalue weighted by molar-refractivity contribution is 7.99. The molecule has 0 unspecified atom stereocenters. The van der Waals surface area contributed by atoms with Gasteiger partial charge in [-0.15, -0.1) is 0 Å². The molecule has 0 aromatic carbocycles. The number of aromatic nitrogens is 2. The molecule has 0 atom stereocenters. The molecular formula is C16H16N4O2S2. The van der Waals surface area contributed by atoms with Crippen LogP contribution in [0.15, 0.2) is 51.6 Å². The largest absolute Gasteiger partial charge is 0.248 e. The molecule has 1 aliphatic heterocycles. The van der Waals surface area contributed by atoms with Gasteiger partial charge in [-0.05, 0) is 37.1 Å². The van der Waals surface area contributed by atoms with Crippen LogP contribution in [0.25, 0.3) is 0 Å². The van der Waals surface area contributed by atoms with Crippen LogP contribution in [0.4, 0.5) is 0 Å². The minimum Gasteiger partial charge on any atom is -0.248 e. The van der Waals surface area contributed by atoms with Crippen molar-refractivity contribution in [1.82, 2.24) is 14.3 Å². The lowest BCUT2D eigenvalue weighted by molar-refractivity contribution is 0.346. The Hall–Kier alpha value is -1.95. The monoisotopic (exact) mass is 360 g/mol. The molecule has 1 aliphatic rings. The summed E-state index contributed by atoms with van der Waals surface area (Å²) >= 11 is 1.32. The smallest absolute Gasteiger partial charge is 0.244 e. The van der Waals surface area contributed by atoms with Crippen LogP contribution in [-0.2, 0) is 10.0 Å². The highest BCUT2D eigenvalue weighted by Gasteiger charge is 2.26. The molecule has 6 nitrogen and oxygen atoms in total. The lowest BCUT2D eigenvalue weighted by Gasteiger charge is -2.25. The van der Waals surface area contributed by atoms with Crippen LogP contribution < -0.4 is 0 Å². The van der Waals surface area contributed by atoms with Gasteiger partial charge in [0.15, 0.2) is 0 Å². The summed E-state index contributed by atoms with van der Waals surface area (Å²) in [5, 5.41) is 10.1. The maximum Gasteiger partial charge on any atom is 0.244 e. The van der Waals surface area contributed by atoms with E-state index in [0.29, 0.717) is 28.7 Å². The fraction of sp³-hybridized carbons (Fsp3) is 0.312. The topological polar surface area (TPSA) is 87.0 Å². The van der Waals surface area contributed by atoms with Gasteiger partial charge < -0.3 is 0 Å². The number of hydrogen-bond donors (Lipinski definition) is 0. The van der Waals surface area contributed by atoms with E-state index in [1.165, 1.54) is 28.5 Å². The average Bonchev–Trinajstić information content (AvgIpc) is 2.63. The Labute approximate surface area is 145 Å². The third-order valence-corrected chi connectivity index (χ3v) is 6.52. The summed E-state index contributed by atoms with van der Waals surface area (Å²) in [6, 6.07) is 8.71. The number of nitriles is 1. The van der Waals surface area contributed by atoms with Crippen LogP contribution in [0, 0.1) is 11.3 Å². The van der Waals surface area contributed by atoms with Gasteiger partial charge in [-0.25, -0.2) is 18.4 Å². The average molecular weight is 360 g/mol. The van der Waals surface area contributed by atoms with Gasteiger partial charge in [0.1, 0.15) is 21.0 Å². The summed E-state index contributed by atoms with van der Waals surface area (Å²) in [5.41, 5.74) is 0.496. The number of piperidine rings is 1. The van der Waals surface area contributed by atoms with E-state index < -0.39 is 10.0 Å². The van der Waals surface area contributed by atoms with Gasteiger partial charge in [-0.3, -0.25) is 0 Å². The van der Waals surface area contributed by atoms with E-state index in [1.54, 1.807) is 24.3 Å². The molecule has 3 heterocycles. The maximum atomic E-state index is 12.6. The van der Waals surface area contributed by atoms with Crippen LogP contribution in [0.5, 0.6) is 0 Å². The molecule has 1 fully saturated rings. The van der Waals surface area contributed by atoms with Crippen molar-refractivity contribution in [1.29, 1.82) is 5.26 Å². The molecule has 0 aliphatic carbocycles. The molecule has 24 heavy (non-hydrogen) atoms. The second-order valence-corrected chi connectivity index (χ2v) is 8.37. The Bertz CT molecular complexity index is 837. The first-order valence-corrected chi connectivity index (χ1v) is 9.85. The zero-order valence-electron chi connectivity index (χ0n) is 12.9. The fourth-order valence-corrected chi connectivity index (χ4v) is 4.61. The normalized spacial score (nSPS) is 15.8. The Morgan fingerprint density at radius 2 is 1.67 bits per heavy atom. The molecule has 2 aromatic heterocycles. The highest BCUT2D eigenvalue weighted by atomic mass is 32.2. The predicted molar refractivity (Wildman–Crippen MR) is 89.9 cm³/mol. The Kier molecular flexibility index (Phi) is 5.14. The number of pyridine rings is 2. The molecule has 0 radical (unpaired) electrons. The molecule has 0 saturated carbocycles. The number of hydrogen-bond acceptors (Lipinski definition) is 6. The fourth-order valence-electron chi connectivity index (χ4n) is 2.45. The Morgan fingerprint density at radius 3 is 2.21 bits per heavy atom. The SMILES string of the molecule is N#Cc1ccc(Sc2ccc(S(=O)(=O)N3CCCCC3)cn2)nc1. The van der Waals surface area contributed by atoms with Gasteiger partial charge in [-0.1, -0.05) is 18.2 Å². The van der Waals surface area contributed by atoms with E-state index >= 15 is 0 Å². The summed E-state index contributed by atoms with van der Waals surface area (Å²) in [7, 11) is -3.45. The molecule has 1 saturated heterocycles. The second-order valence-electron chi connectivity index (χ2n) is 5.40. The van der Waals surface area contributed by atoms with Crippen LogP contribution in [0.2, 0.25) is 0 Å². The van der Waals surface area contributed by atoms with Gasteiger partial charge in [0, 0.05) is 25.5 Å². The first-order valence-electron chi connectivity index (χ1n) is 7.60. The standard InChI is InChI=1S/C16H16N4O2S2/c17-10-13-4-6-15(18-11-13)23-16-7-5-14(12-19-16)24(21,22)20-8-2-1-3-9-20/h4-7,11-12H,1-3,8-9H2. The van der Waals surface area contributed by atoms with E-state index in [-0.39, 0.29) is 4.90 Å². The zero-order valence-corrected chi connectivity index (χ0v) is 14.6. The van der Waals surface area contributed by atoms with Gasteiger partial charge in [0.25, 0.3) is 0 Å². The summed E-state index contributed by atoms with van der Waals surface area (Å²) in [6.07, 6.45) is 5.79. The van der Waals surface area contributed by atoms with Crippen LogP contribution in [0.3, 0.4) is 0 Å². The van der Waals surface area contributed by atoms with Crippen molar-refractivity contribution in [3.8, 4) is 6.07 Å². The maximum absolute atomic E-state index is 12.6. The molecule has 3 rings (SSSR count). The van der Waals surface area contributed by atoms with Crippen molar-refractivity contribution < 1.29 is 8.42 Å². The van der Waals surface area contributed by atoms with Crippen molar-refractivity contribution >= 4 is 21.8 Å². The molecule has 124 valence electrons. The number of sulfonamides is 1. The molecule has 0 amide bonds. The quantitative estimate of drug-likeness (QED) is 0.833. The molecule has 8 heteroatoms. The molecular weight excluding hydrogens is 344 g/mol. The highest BCUT2D eigenvalue weighted by Crippen LogP contribution is 2.26. The van der Waals surface area contributed by atoms with E-state index in [2.05, 4.69) is 9.97 Å². The van der Waals surface area contributed by atoms with Gasteiger partial charge >= 0.3 is 0 Å². The minimum absolute atomic E-state index is 0.224. The van der Waals surface area contributed by atoms with Gasteiger partial charge in [-0.2, -0.15) is 9.57 Å². The summed E-state index contributed by atoms with van der Waals surface area (Å²) in [4.78, 5) is 8.62. The number of nitrogens with zero attached hydrogens (tertiary/aromatic N) is 4. The van der Waals surface area contributed by atoms with Crippen LogP contribution >= 0.6 is 11.8 Å². The summed E-state index contributed by atoms with van der Waals surface area (Å²) < 4.78 is 26.7. The van der Waals surface area contributed by atoms with Crippen LogP contribution in [0.1, 0.15) is 24.8 Å². The number of rotatable bonds is 4. The Morgan fingerprint density at radius 1 is 1.00 bits per heavy atom. The first-order chi connectivity index (χ1) is 11.6. The van der Waals surface area contributed by atoms with Crippen molar-refractivity contribution in [2.75, 3.05) is 13.1 Å². The first kappa shape index (κ1) is 16.9. The van der Waals surface area contributed by atoms with Crippen molar-refractivity contribution in [3.63, 3.8) is 0 Å². The minimum atomic E-state index is -3.45. The zero-order chi connectivity index (χ0) is 17.0. The van der Waals surface area contributed by atoms with E-state index in [9.17, 15) is 8.42 Å². The third-order valence-electron chi connectivity index (χ3n) is 3.74. The van der Waals surface area contributed by atoms with E-state index in [0.717, 1.165) is 19.3 Å². The van der Waals surface area contributed by atoms with E-state index in [4.69, 9.17) is 5.26 Å². The van der Waals surface area contributed by atoms with Crippen molar-refractivity contribution in [2.45, 2.75) is 34.2 Å². The third kappa shape index (κ3) is 3.75. The predicted octanol–water partition coefficient (Wildman–Crippen LogP) is 2.67. The molecule has 2 aromatic rings. The lowest BCUT2D eigenvalue weighted by Crippen LogP contribution is -2.35. The van der Waals surface area contributed by atoms with Crippen LogP contribution in [-0.4, -0.2) is 35.8 Å². The molecule has 0 N–H and O–H groups in total. The van der Waals surface area contributed by atoms with Crippen molar-refractivity contribution in [2.24, 2.45) is 0 Å². The Balaban J connectivity index is 1.73. The molecule has 0 spiro atoms. The van der Waals surface area contributed by atoms with Gasteiger partial charge in [0.05, 0.1) is 5.56 Å². The summed E-state index contributed by atoms with van der Waals surface area (Å²) in [6.45, 7) is 1.15. The second kappa shape index (κ2) is 7.30. The summed E-state index contributed by atoms with van der Waals surface area (Å²) in [5.74, 6) is 0. The van der Waals surface area contributed by atoms with E-state index in [1.807, 2.05) is 6.07 Å².